The van der Waals surface area contributed by atoms with E-state index >= 15 is 0 Å². The predicted molar refractivity (Wildman–Crippen MR) is 136 cm³/mol. The van der Waals surface area contributed by atoms with Gasteiger partial charge in [0.1, 0.15) is 35.6 Å². The van der Waals surface area contributed by atoms with Crippen LogP contribution in [0.1, 0.15) is 30.0 Å². The SMILES string of the molecule is CCOc1cc(C=C(C#N)C(=O)Nc2nnc(CC)s2)cc(Cl)c1OCCOc1ccc(C)cc1. The number of aryl methyl sites for hydroxylation is 2. The third kappa shape index (κ3) is 7.44. The average Bonchev–Trinajstić information content (AvgIpc) is 3.30. The molecule has 182 valence electrons. The molecule has 3 aromatic rings. The number of halogens is 1. The van der Waals surface area contributed by atoms with Crippen molar-refractivity contribution in [2.45, 2.75) is 27.2 Å². The van der Waals surface area contributed by atoms with Crippen LogP contribution in [0.5, 0.6) is 17.2 Å². The molecule has 35 heavy (non-hydrogen) atoms. The molecule has 0 spiro atoms. The number of nitriles is 1. The molecule has 3 rings (SSSR count). The molecule has 1 heterocycles. The number of benzene rings is 2. The molecule has 2 aromatic carbocycles. The molecule has 0 aliphatic carbocycles. The number of ether oxygens (including phenoxy) is 3. The number of nitrogens with one attached hydrogen (secondary N) is 1. The number of hydrogen-bond acceptors (Lipinski definition) is 8. The maximum absolute atomic E-state index is 12.6. The van der Waals surface area contributed by atoms with Crippen LogP contribution >= 0.6 is 22.9 Å². The van der Waals surface area contributed by atoms with E-state index in [9.17, 15) is 10.1 Å². The van der Waals surface area contributed by atoms with Gasteiger partial charge in [-0.25, -0.2) is 0 Å². The van der Waals surface area contributed by atoms with Gasteiger partial charge < -0.3 is 14.2 Å². The van der Waals surface area contributed by atoms with E-state index in [1.165, 1.54) is 17.4 Å². The lowest BCUT2D eigenvalue weighted by molar-refractivity contribution is -0.112. The van der Waals surface area contributed by atoms with Crippen molar-refractivity contribution >= 4 is 40.1 Å². The monoisotopic (exact) mass is 512 g/mol. The lowest BCUT2D eigenvalue weighted by atomic mass is 10.1. The van der Waals surface area contributed by atoms with Crippen molar-refractivity contribution in [1.82, 2.24) is 10.2 Å². The minimum atomic E-state index is -0.589. The topological polar surface area (TPSA) is 106 Å². The van der Waals surface area contributed by atoms with Gasteiger partial charge in [0, 0.05) is 0 Å². The molecule has 0 saturated carbocycles. The maximum Gasteiger partial charge on any atom is 0.268 e. The number of anilines is 1. The zero-order valence-electron chi connectivity index (χ0n) is 19.6. The van der Waals surface area contributed by atoms with Gasteiger partial charge in [-0.3, -0.25) is 10.1 Å². The minimum absolute atomic E-state index is 0.114. The largest absolute Gasteiger partial charge is 0.490 e. The Hall–Kier alpha value is -3.61. The summed E-state index contributed by atoms with van der Waals surface area (Å²) < 4.78 is 17.2. The van der Waals surface area contributed by atoms with Crippen LogP contribution in [0.25, 0.3) is 6.08 Å². The maximum atomic E-state index is 12.6. The second kappa shape index (κ2) is 12.7. The number of carbonyl (C=O) groups is 1. The van der Waals surface area contributed by atoms with Crippen LogP contribution in [0.3, 0.4) is 0 Å². The van der Waals surface area contributed by atoms with Crippen LogP contribution in [0.15, 0.2) is 42.0 Å². The molecule has 1 N–H and O–H groups in total. The first kappa shape index (κ1) is 26.0. The normalized spacial score (nSPS) is 11.0. The molecule has 0 aliphatic rings. The molecule has 0 bridgehead atoms. The summed E-state index contributed by atoms with van der Waals surface area (Å²) in [5.41, 5.74) is 1.55. The van der Waals surface area contributed by atoms with Crippen LogP contribution in [-0.4, -0.2) is 35.9 Å². The number of rotatable bonds is 11. The summed E-state index contributed by atoms with van der Waals surface area (Å²) in [6.45, 7) is 6.73. The van der Waals surface area contributed by atoms with Crippen molar-refractivity contribution in [2.75, 3.05) is 25.1 Å². The highest BCUT2D eigenvalue weighted by molar-refractivity contribution is 7.15. The first-order valence-electron chi connectivity index (χ1n) is 11.0. The van der Waals surface area contributed by atoms with E-state index in [1.54, 1.807) is 12.1 Å². The number of amides is 1. The molecule has 8 nitrogen and oxygen atoms in total. The van der Waals surface area contributed by atoms with E-state index < -0.39 is 5.91 Å². The van der Waals surface area contributed by atoms with Gasteiger partial charge in [-0.2, -0.15) is 5.26 Å². The highest BCUT2D eigenvalue weighted by atomic mass is 35.5. The summed E-state index contributed by atoms with van der Waals surface area (Å²) in [4.78, 5) is 12.6. The third-order valence-electron chi connectivity index (χ3n) is 4.62. The van der Waals surface area contributed by atoms with Gasteiger partial charge in [0.2, 0.25) is 5.13 Å². The Morgan fingerprint density at radius 1 is 1.14 bits per heavy atom. The van der Waals surface area contributed by atoms with Gasteiger partial charge >= 0.3 is 0 Å². The molecule has 0 unspecified atom stereocenters. The molecule has 0 fully saturated rings. The van der Waals surface area contributed by atoms with E-state index in [0.717, 1.165) is 16.3 Å². The summed E-state index contributed by atoms with van der Waals surface area (Å²) in [5, 5.41) is 21.4. The van der Waals surface area contributed by atoms with Gasteiger partial charge in [0.15, 0.2) is 11.5 Å². The van der Waals surface area contributed by atoms with Gasteiger partial charge in [-0.15, -0.1) is 10.2 Å². The first-order valence-corrected chi connectivity index (χ1v) is 12.2. The van der Waals surface area contributed by atoms with Crippen LogP contribution in [0.2, 0.25) is 5.02 Å². The summed E-state index contributed by atoms with van der Waals surface area (Å²) in [5.74, 6) is 0.921. The van der Waals surface area contributed by atoms with Crippen LogP contribution < -0.4 is 19.5 Å². The zero-order chi connectivity index (χ0) is 25.2. The predicted octanol–water partition coefficient (Wildman–Crippen LogP) is 5.46. The minimum Gasteiger partial charge on any atom is -0.490 e. The Kier molecular flexibility index (Phi) is 9.47. The van der Waals surface area contributed by atoms with Crippen molar-refractivity contribution in [3.05, 3.63) is 63.1 Å². The summed E-state index contributed by atoms with van der Waals surface area (Å²) >= 11 is 7.72. The van der Waals surface area contributed by atoms with Crippen molar-refractivity contribution in [3.63, 3.8) is 0 Å². The molecule has 0 radical (unpaired) electrons. The summed E-state index contributed by atoms with van der Waals surface area (Å²) in [7, 11) is 0. The second-order valence-electron chi connectivity index (χ2n) is 7.25. The highest BCUT2D eigenvalue weighted by Crippen LogP contribution is 2.37. The molecule has 10 heteroatoms. The Bertz CT molecular complexity index is 1240. The zero-order valence-corrected chi connectivity index (χ0v) is 21.2. The van der Waals surface area contributed by atoms with Gasteiger partial charge in [-0.1, -0.05) is 47.6 Å². The Morgan fingerprint density at radius 2 is 1.89 bits per heavy atom. The van der Waals surface area contributed by atoms with E-state index in [4.69, 9.17) is 25.8 Å². The van der Waals surface area contributed by atoms with E-state index in [0.29, 0.717) is 41.8 Å². The van der Waals surface area contributed by atoms with Gasteiger partial charge in [0.05, 0.1) is 11.6 Å². The molecule has 0 aliphatic heterocycles. The lowest BCUT2D eigenvalue weighted by Crippen LogP contribution is -2.13. The standard InChI is InChI=1S/C25H25ClN4O4S/c1-4-22-29-30-25(35-22)28-24(31)18(15-27)12-17-13-20(26)23(21(14-17)32-5-2)34-11-10-33-19-8-6-16(3)7-9-19/h6-9,12-14H,4-5,10-11H2,1-3H3,(H,28,30,31). The van der Waals surface area contributed by atoms with Gasteiger partial charge in [-0.05, 0) is 56.2 Å². The Balaban J connectivity index is 1.71. The van der Waals surface area contributed by atoms with E-state index in [1.807, 2.05) is 51.1 Å². The number of nitrogens with zero attached hydrogens (tertiary/aromatic N) is 3. The fourth-order valence-corrected chi connectivity index (χ4v) is 3.89. The van der Waals surface area contributed by atoms with Crippen molar-refractivity contribution in [1.29, 1.82) is 5.26 Å². The Labute approximate surface area is 213 Å². The van der Waals surface area contributed by atoms with Crippen molar-refractivity contribution in [3.8, 4) is 23.3 Å². The highest BCUT2D eigenvalue weighted by Gasteiger charge is 2.16. The fourth-order valence-electron chi connectivity index (χ4n) is 2.94. The fraction of sp³-hybridized carbons (Fsp3) is 0.280. The Morgan fingerprint density at radius 3 is 2.54 bits per heavy atom. The van der Waals surface area contributed by atoms with Crippen LogP contribution in [-0.2, 0) is 11.2 Å². The lowest BCUT2D eigenvalue weighted by Gasteiger charge is -2.15. The first-order chi connectivity index (χ1) is 16.9. The number of aromatic nitrogens is 2. The second-order valence-corrected chi connectivity index (χ2v) is 8.72. The van der Waals surface area contributed by atoms with E-state index in [-0.39, 0.29) is 17.2 Å². The average molecular weight is 513 g/mol. The molecular weight excluding hydrogens is 488 g/mol. The molecule has 0 atom stereocenters. The quantitative estimate of drug-likeness (QED) is 0.206. The smallest absolute Gasteiger partial charge is 0.268 e. The van der Waals surface area contributed by atoms with Crippen molar-refractivity contribution in [2.24, 2.45) is 0 Å². The molecule has 1 aromatic heterocycles. The number of carbonyl (C=O) groups excluding carboxylic acids is 1. The molecule has 1 amide bonds. The summed E-state index contributed by atoms with van der Waals surface area (Å²) in [6.07, 6.45) is 2.13. The number of hydrogen-bond donors (Lipinski definition) is 1. The summed E-state index contributed by atoms with van der Waals surface area (Å²) in [6, 6.07) is 12.9. The van der Waals surface area contributed by atoms with Crippen LogP contribution in [0.4, 0.5) is 5.13 Å². The molecular formula is C25H25ClN4O4S. The van der Waals surface area contributed by atoms with E-state index in [2.05, 4.69) is 15.5 Å². The van der Waals surface area contributed by atoms with Crippen LogP contribution in [0, 0.1) is 18.3 Å². The van der Waals surface area contributed by atoms with Crippen molar-refractivity contribution < 1.29 is 19.0 Å². The van der Waals surface area contributed by atoms with Gasteiger partial charge in [0.25, 0.3) is 5.91 Å². The molecule has 0 saturated heterocycles. The third-order valence-corrected chi connectivity index (χ3v) is 5.88.